The summed E-state index contributed by atoms with van der Waals surface area (Å²) >= 11 is 2.14. The summed E-state index contributed by atoms with van der Waals surface area (Å²) in [5.41, 5.74) is -1.95. The molecule has 2 saturated carbocycles. The number of rotatable bonds is 4. The van der Waals surface area contributed by atoms with Crippen LogP contribution in [0.5, 0.6) is 0 Å². The molecule has 2 aliphatic rings. The minimum Gasteiger partial charge on any atom is -0.444 e. The topological polar surface area (TPSA) is 93.2 Å². The third-order valence-corrected chi connectivity index (χ3v) is 4.63. The van der Waals surface area contributed by atoms with Gasteiger partial charge in [-0.25, -0.2) is 14.8 Å². The molecule has 1 heterocycles. The fourth-order valence-corrected chi connectivity index (χ4v) is 2.74. The van der Waals surface area contributed by atoms with Gasteiger partial charge >= 0.3 is 6.09 Å². The number of nitrogens with one attached hydrogen (secondary N) is 2. The molecule has 8 heteroatoms. The highest BCUT2D eigenvalue weighted by molar-refractivity contribution is 14.1. The number of hydrogen-bond donors (Lipinski definition) is 2. The predicted octanol–water partition coefficient (Wildman–Crippen LogP) is 2.24. The standard InChI is InChI=1S/C16H21IN4O3/c1-14(2,3)24-13(23)21-16(6-7-16)12(22)20-15(4-5-15)11-18-8-10(17)9-19-11/h8-9H,4-7H2,1-3H3,(H,20,22)(H,21,23). The van der Waals surface area contributed by atoms with Crippen LogP contribution in [0.25, 0.3) is 0 Å². The van der Waals surface area contributed by atoms with Crippen LogP contribution < -0.4 is 10.6 Å². The van der Waals surface area contributed by atoms with Gasteiger partial charge in [0.25, 0.3) is 0 Å². The Labute approximate surface area is 154 Å². The normalized spacial score (nSPS) is 20.0. The second-order valence-corrected chi connectivity index (χ2v) is 8.72. The maximum absolute atomic E-state index is 12.7. The molecule has 2 N–H and O–H groups in total. The lowest BCUT2D eigenvalue weighted by atomic mass is 10.2. The van der Waals surface area contributed by atoms with E-state index < -0.39 is 22.8 Å². The van der Waals surface area contributed by atoms with Crippen molar-refractivity contribution in [3.63, 3.8) is 0 Å². The molecule has 3 rings (SSSR count). The first-order valence-electron chi connectivity index (χ1n) is 7.96. The van der Waals surface area contributed by atoms with E-state index in [1.165, 1.54) is 0 Å². The van der Waals surface area contributed by atoms with Crippen LogP contribution in [-0.2, 0) is 15.1 Å². The van der Waals surface area contributed by atoms with E-state index in [0.717, 1.165) is 16.4 Å². The number of carbonyl (C=O) groups is 2. The Morgan fingerprint density at radius 3 is 2.17 bits per heavy atom. The van der Waals surface area contributed by atoms with Crippen molar-refractivity contribution < 1.29 is 14.3 Å². The first-order chi connectivity index (χ1) is 11.1. The van der Waals surface area contributed by atoms with Crippen LogP contribution in [-0.4, -0.2) is 33.1 Å². The molecule has 0 aliphatic heterocycles. The number of halogens is 1. The van der Waals surface area contributed by atoms with Gasteiger partial charge in [0.1, 0.15) is 16.7 Å². The minimum absolute atomic E-state index is 0.187. The Balaban J connectivity index is 1.64. The molecule has 1 aromatic rings. The van der Waals surface area contributed by atoms with Gasteiger partial charge in [-0.1, -0.05) is 0 Å². The monoisotopic (exact) mass is 444 g/mol. The average Bonchev–Trinajstić information content (AvgIpc) is 3.35. The van der Waals surface area contributed by atoms with E-state index in [1.54, 1.807) is 33.2 Å². The zero-order valence-electron chi connectivity index (χ0n) is 14.0. The average molecular weight is 444 g/mol. The zero-order valence-corrected chi connectivity index (χ0v) is 16.1. The van der Waals surface area contributed by atoms with Gasteiger partial charge in [-0.05, 0) is 69.0 Å². The van der Waals surface area contributed by atoms with Crippen LogP contribution in [0.1, 0.15) is 52.3 Å². The highest BCUT2D eigenvalue weighted by Gasteiger charge is 2.57. The highest BCUT2D eigenvalue weighted by Crippen LogP contribution is 2.46. The van der Waals surface area contributed by atoms with E-state index in [4.69, 9.17) is 4.74 Å². The molecule has 130 valence electrons. The van der Waals surface area contributed by atoms with Crippen molar-refractivity contribution in [2.24, 2.45) is 0 Å². The molecule has 0 radical (unpaired) electrons. The van der Waals surface area contributed by atoms with Gasteiger partial charge in [-0.2, -0.15) is 0 Å². The summed E-state index contributed by atoms with van der Waals surface area (Å²) in [6.07, 6.45) is 5.75. The van der Waals surface area contributed by atoms with Crippen LogP contribution in [0.2, 0.25) is 0 Å². The van der Waals surface area contributed by atoms with Gasteiger partial charge in [0.05, 0.1) is 0 Å². The Bertz CT molecular complexity index is 661. The molecule has 1 aromatic heterocycles. The van der Waals surface area contributed by atoms with Crippen LogP contribution in [0.3, 0.4) is 0 Å². The van der Waals surface area contributed by atoms with Crippen molar-refractivity contribution in [2.45, 2.75) is 63.1 Å². The number of nitrogens with zero attached hydrogens (tertiary/aromatic N) is 2. The van der Waals surface area contributed by atoms with Crippen LogP contribution >= 0.6 is 22.6 Å². The molecule has 2 amide bonds. The first kappa shape index (κ1) is 17.4. The van der Waals surface area contributed by atoms with Crippen LogP contribution in [0.4, 0.5) is 4.79 Å². The summed E-state index contributed by atoms with van der Waals surface area (Å²) in [5.74, 6) is 0.442. The van der Waals surface area contributed by atoms with E-state index in [0.29, 0.717) is 18.7 Å². The van der Waals surface area contributed by atoms with Gasteiger partial charge in [0.2, 0.25) is 5.91 Å². The summed E-state index contributed by atoms with van der Waals surface area (Å²) in [6.45, 7) is 5.37. The summed E-state index contributed by atoms with van der Waals surface area (Å²) in [4.78, 5) is 33.3. The molecule has 2 fully saturated rings. The van der Waals surface area contributed by atoms with Crippen molar-refractivity contribution in [2.75, 3.05) is 0 Å². The van der Waals surface area contributed by atoms with E-state index >= 15 is 0 Å². The number of hydrogen-bond acceptors (Lipinski definition) is 5. The second-order valence-electron chi connectivity index (χ2n) is 7.47. The second kappa shape index (κ2) is 5.82. The predicted molar refractivity (Wildman–Crippen MR) is 95.1 cm³/mol. The van der Waals surface area contributed by atoms with Crippen molar-refractivity contribution in [1.82, 2.24) is 20.6 Å². The molecule has 2 aliphatic carbocycles. The van der Waals surface area contributed by atoms with E-state index in [-0.39, 0.29) is 5.91 Å². The lowest BCUT2D eigenvalue weighted by Crippen LogP contribution is -2.52. The van der Waals surface area contributed by atoms with Crippen molar-refractivity contribution >= 4 is 34.6 Å². The minimum atomic E-state index is -0.860. The molecule has 0 aromatic carbocycles. The lowest BCUT2D eigenvalue weighted by molar-refractivity contribution is -0.125. The summed E-state index contributed by atoms with van der Waals surface area (Å²) in [7, 11) is 0. The maximum atomic E-state index is 12.7. The molecule has 0 saturated heterocycles. The third kappa shape index (κ3) is 3.79. The van der Waals surface area contributed by atoms with Crippen LogP contribution in [0.15, 0.2) is 12.4 Å². The van der Waals surface area contributed by atoms with Crippen molar-refractivity contribution in [3.8, 4) is 0 Å². The van der Waals surface area contributed by atoms with Crippen molar-refractivity contribution in [1.29, 1.82) is 0 Å². The molecule has 7 nitrogen and oxygen atoms in total. The molecular weight excluding hydrogens is 423 g/mol. The Morgan fingerprint density at radius 2 is 1.71 bits per heavy atom. The fraction of sp³-hybridized carbons (Fsp3) is 0.625. The van der Waals surface area contributed by atoms with Gasteiger partial charge < -0.3 is 15.4 Å². The largest absolute Gasteiger partial charge is 0.444 e. The highest BCUT2D eigenvalue weighted by atomic mass is 127. The third-order valence-electron chi connectivity index (χ3n) is 4.08. The fourth-order valence-electron chi connectivity index (χ4n) is 2.46. The molecular formula is C16H21IN4O3. The number of carbonyl (C=O) groups excluding carboxylic acids is 2. The van der Waals surface area contributed by atoms with E-state index in [2.05, 4.69) is 43.2 Å². The number of aromatic nitrogens is 2. The van der Waals surface area contributed by atoms with Gasteiger partial charge in [-0.3, -0.25) is 4.79 Å². The van der Waals surface area contributed by atoms with E-state index in [9.17, 15) is 9.59 Å². The maximum Gasteiger partial charge on any atom is 0.408 e. The molecule has 0 bridgehead atoms. The molecule has 0 spiro atoms. The SMILES string of the molecule is CC(C)(C)OC(=O)NC1(C(=O)NC2(c3ncc(I)cn3)CC2)CC1. The number of alkyl carbamates (subject to hydrolysis) is 1. The van der Waals surface area contributed by atoms with Gasteiger partial charge in [-0.15, -0.1) is 0 Å². The van der Waals surface area contributed by atoms with Gasteiger partial charge in [0.15, 0.2) is 5.82 Å². The quantitative estimate of drug-likeness (QED) is 0.696. The molecule has 24 heavy (non-hydrogen) atoms. The zero-order chi connectivity index (χ0) is 17.6. The smallest absolute Gasteiger partial charge is 0.408 e. The molecule has 0 atom stereocenters. The Morgan fingerprint density at radius 1 is 1.12 bits per heavy atom. The number of ether oxygens (including phenoxy) is 1. The summed E-state index contributed by atoms with van der Waals surface area (Å²) in [5, 5.41) is 5.76. The van der Waals surface area contributed by atoms with E-state index in [1.807, 2.05) is 0 Å². The van der Waals surface area contributed by atoms with Gasteiger partial charge in [0, 0.05) is 16.0 Å². The van der Waals surface area contributed by atoms with Crippen molar-refractivity contribution in [3.05, 3.63) is 21.8 Å². The Kier molecular flexibility index (Phi) is 4.21. The summed E-state index contributed by atoms with van der Waals surface area (Å²) < 4.78 is 6.20. The first-order valence-corrected chi connectivity index (χ1v) is 9.04. The van der Waals surface area contributed by atoms with Crippen LogP contribution in [0, 0.1) is 3.57 Å². The number of amides is 2. The summed E-state index contributed by atoms with van der Waals surface area (Å²) in [6, 6.07) is 0. The Hall–Kier alpha value is -1.45. The molecule has 0 unspecified atom stereocenters. The lowest BCUT2D eigenvalue weighted by Gasteiger charge is -2.24.